The SMILES string of the molecule is COCCNC(=NCC(=O)N(C)C)NCC1(c2ccc(F)cc2Cl)CC1.I. The molecule has 2 N–H and O–H groups in total. The fourth-order valence-corrected chi connectivity index (χ4v) is 2.97. The molecule has 1 amide bonds. The van der Waals surface area contributed by atoms with Crippen LogP contribution in [-0.4, -0.2) is 64.2 Å². The Labute approximate surface area is 181 Å². The minimum atomic E-state index is -0.340. The van der Waals surface area contributed by atoms with Gasteiger partial charge in [-0.15, -0.1) is 24.0 Å². The number of guanidine groups is 1. The summed E-state index contributed by atoms with van der Waals surface area (Å²) in [4.78, 5) is 17.6. The third kappa shape index (κ3) is 7.08. The lowest BCUT2D eigenvalue weighted by Crippen LogP contribution is -2.43. The number of aliphatic imine (C=N–C) groups is 1. The van der Waals surface area contributed by atoms with E-state index in [-0.39, 0.29) is 47.7 Å². The van der Waals surface area contributed by atoms with E-state index in [4.69, 9.17) is 16.3 Å². The molecule has 6 nitrogen and oxygen atoms in total. The number of likely N-dealkylation sites (N-methyl/N-ethyl adjacent to an activating group) is 1. The van der Waals surface area contributed by atoms with E-state index in [1.165, 1.54) is 17.0 Å². The molecule has 1 aliphatic rings. The van der Waals surface area contributed by atoms with E-state index in [0.29, 0.717) is 30.7 Å². The van der Waals surface area contributed by atoms with Crippen LogP contribution in [0, 0.1) is 5.82 Å². The molecular formula is C18H27ClFIN4O2. The van der Waals surface area contributed by atoms with Gasteiger partial charge in [0.25, 0.3) is 0 Å². The molecule has 0 aliphatic heterocycles. The predicted molar refractivity (Wildman–Crippen MR) is 117 cm³/mol. The van der Waals surface area contributed by atoms with Crippen LogP contribution >= 0.6 is 35.6 Å². The van der Waals surface area contributed by atoms with Crippen molar-refractivity contribution < 1.29 is 13.9 Å². The lowest BCUT2D eigenvalue weighted by Gasteiger charge is -2.20. The Balaban J connectivity index is 0.00000364. The number of carbonyl (C=O) groups is 1. The minimum absolute atomic E-state index is 0. The lowest BCUT2D eigenvalue weighted by molar-refractivity contribution is -0.127. The van der Waals surface area contributed by atoms with Crippen molar-refractivity contribution in [3.8, 4) is 0 Å². The number of hydrogen-bond acceptors (Lipinski definition) is 3. The standard InChI is InChI=1S/C18H26ClFN4O2.HI/c1-24(2)16(25)11-22-17(21-8-9-26-3)23-12-18(6-7-18)14-5-4-13(20)10-15(14)19;/h4-5,10H,6-9,11-12H2,1-3H3,(H2,21,22,23);1H. The Hall–Kier alpha value is -1.13. The molecule has 27 heavy (non-hydrogen) atoms. The van der Waals surface area contributed by atoms with Crippen molar-refractivity contribution in [2.45, 2.75) is 18.3 Å². The van der Waals surface area contributed by atoms with Gasteiger partial charge in [-0.1, -0.05) is 17.7 Å². The van der Waals surface area contributed by atoms with Crippen molar-refractivity contribution in [3.63, 3.8) is 0 Å². The van der Waals surface area contributed by atoms with Crippen molar-refractivity contribution in [3.05, 3.63) is 34.6 Å². The third-order valence-corrected chi connectivity index (χ3v) is 4.73. The molecule has 0 spiro atoms. The zero-order valence-electron chi connectivity index (χ0n) is 15.8. The molecule has 152 valence electrons. The van der Waals surface area contributed by atoms with Gasteiger partial charge in [0.1, 0.15) is 12.4 Å². The first-order valence-corrected chi connectivity index (χ1v) is 8.92. The number of halogens is 3. The van der Waals surface area contributed by atoms with E-state index < -0.39 is 0 Å². The molecule has 1 aromatic carbocycles. The Morgan fingerprint density at radius 2 is 2.07 bits per heavy atom. The van der Waals surface area contributed by atoms with Crippen LogP contribution in [0.5, 0.6) is 0 Å². The van der Waals surface area contributed by atoms with Crippen LogP contribution in [-0.2, 0) is 14.9 Å². The number of ether oxygens (including phenoxy) is 1. The molecular weight excluding hydrogens is 486 g/mol. The number of amides is 1. The topological polar surface area (TPSA) is 66.0 Å². The van der Waals surface area contributed by atoms with Crippen LogP contribution in [0.3, 0.4) is 0 Å². The first-order chi connectivity index (χ1) is 12.4. The number of methoxy groups -OCH3 is 1. The van der Waals surface area contributed by atoms with Gasteiger partial charge in [-0.25, -0.2) is 9.38 Å². The summed E-state index contributed by atoms with van der Waals surface area (Å²) < 4.78 is 18.3. The Kier molecular flexibility index (Phi) is 9.75. The van der Waals surface area contributed by atoms with E-state index >= 15 is 0 Å². The van der Waals surface area contributed by atoms with Crippen LogP contribution in [0.25, 0.3) is 0 Å². The van der Waals surface area contributed by atoms with E-state index in [9.17, 15) is 9.18 Å². The first-order valence-electron chi connectivity index (χ1n) is 8.55. The maximum Gasteiger partial charge on any atom is 0.243 e. The molecule has 0 aromatic heterocycles. The summed E-state index contributed by atoms with van der Waals surface area (Å²) in [6.45, 7) is 1.76. The van der Waals surface area contributed by atoms with Gasteiger partial charge < -0.3 is 20.3 Å². The predicted octanol–water partition coefficient (Wildman–Crippen LogP) is 2.40. The van der Waals surface area contributed by atoms with E-state index in [0.717, 1.165) is 18.4 Å². The minimum Gasteiger partial charge on any atom is -0.383 e. The maximum atomic E-state index is 13.3. The molecule has 0 radical (unpaired) electrons. The number of nitrogens with one attached hydrogen (secondary N) is 2. The van der Waals surface area contributed by atoms with Gasteiger partial charge >= 0.3 is 0 Å². The summed E-state index contributed by atoms with van der Waals surface area (Å²) in [7, 11) is 5.01. The zero-order chi connectivity index (χ0) is 19.2. The number of carbonyl (C=O) groups excluding carboxylic acids is 1. The van der Waals surface area contributed by atoms with Crippen molar-refractivity contribution in [2.24, 2.45) is 4.99 Å². The van der Waals surface area contributed by atoms with Gasteiger partial charge in [0.15, 0.2) is 5.96 Å². The molecule has 1 aliphatic carbocycles. The smallest absolute Gasteiger partial charge is 0.243 e. The summed E-state index contributed by atoms with van der Waals surface area (Å²) in [6, 6.07) is 4.53. The van der Waals surface area contributed by atoms with E-state index in [2.05, 4.69) is 15.6 Å². The van der Waals surface area contributed by atoms with Crippen LogP contribution in [0.2, 0.25) is 5.02 Å². The third-order valence-electron chi connectivity index (χ3n) is 4.42. The maximum absolute atomic E-state index is 13.3. The molecule has 2 rings (SSSR count). The van der Waals surface area contributed by atoms with Gasteiger partial charge in [0.2, 0.25) is 5.91 Å². The van der Waals surface area contributed by atoms with Crippen molar-refractivity contribution in [1.29, 1.82) is 0 Å². The largest absolute Gasteiger partial charge is 0.383 e. The van der Waals surface area contributed by atoms with Crippen LogP contribution in [0.1, 0.15) is 18.4 Å². The van der Waals surface area contributed by atoms with E-state index in [1.807, 2.05) is 0 Å². The second-order valence-electron chi connectivity index (χ2n) is 6.63. The van der Waals surface area contributed by atoms with Crippen LogP contribution < -0.4 is 10.6 Å². The van der Waals surface area contributed by atoms with Gasteiger partial charge in [-0.3, -0.25) is 4.79 Å². The highest BCUT2D eigenvalue weighted by molar-refractivity contribution is 14.0. The highest BCUT2D eigenvalue weighted by atomic mass is 127. The molecule has 0 bridgehead atoms. The average Bonchev–Trinajstić information content (AvgIpc) is 3.37. The summed E-state index contributed by atoms with van der Waals surface area (Å²) in [5.74, 6) is 0.121. The molecule has 0 atom stereocenters. The summed E-state index contributed by atoms with van der Waals surface area (Å²) in [5, 5.41) is 6.86. The second kappa shape index (κ2) is 11.0. The molecule has 9 heteroatoms. The number of rotatable bonds is 8. The fraction of sp³-hybridized carbons (Fsp3) is 0.556. The first kappa shape index (κ1) is 23.9. The van der Waals surface area contributed by atoms with Gasteiger partial charge in [0.05, 0.1) is 6.61 Å². The highest BCUT2D eigenvalue weighted by Gasteiger charge is 2.45. The number of benzene rings is 1. The molecule has 0 heterocycles. The summed E-state index contributed by atoms with van der Waals surface area (Å²) in [5.41, 5.74) is 0.814. The monoisotopic (exact) mass is 512 g/mol. The molecule has 1 saturated carbocycles. The van der Waals surface area contributed by atoms with Crippen LogP contribution in [0.15, 0.2) is 23.2 Å². The van der Waals surface area contributed by atoms with Gasteiger partial charge in [0, 0.05) is 44.7 Å². The molecule has 1 aromatic rings. The fourth-order valence-electron chi connectivity index (χ4n) is 2.60. The molecule has 0 unspecified atom stereocenters. The Bertz CT molecular complexity index is 669. The highest BCUT2D eigenvalue weighted by Crippen LogP contribution is 2.50. The average molecular weight is 513 g/mol. The summed E-state index contributed by atoms with van der Waals surface area (Å²) >= 11 is 6.23. The Morgan fingerprint density at radius 1 is 1.37 bits per heavy atom. The quantitative estimate of drug-likeness (QED) is 0.243. The second-order valence-corrected chi connectivity index (χ2v) is 7.04. The van der Waals surface area contributed by atoms with Crippen molar-refractivity contribution in [2.75, 3.05) is 47.4 Å². The van der Waals surface area contributed by atoms with Crippen molar-refractivity contribution in [1.82, 2.24) is 15.5 Å². The van der Waals surface area contributed by atoms with Gasteiger partial charge in [-0.2, -0.15) is 0 Å². The summed E-state index contributed by atoms with van der Waals surface area (Å²) in [6.07, 6.45) is 1.93. The molecule has 1 fully saturated rings. The number of nitrogens with zero attached hydrogens (tertiary/aromatic N) is 2. The normalized spacial score (nSPS) is 14.9. The van der Waals surface area contributed by atoms with Crippen molar-refractivity contribution >= 4 is 47.4 Å². The van der Waals surface area contributed by atoms with Crippen LogP contribution in [0.4, 0.5) is 4.39 Å². The van der Waals surface area contributed by atoms with Gasteiger partial charge in [-0.05, 0) is 30.5 Å². The Morgan fingerprint density at radius 3 is 2.63 bits per heavy atom. The zero-order valence-corrected chi connectivity index (χ0v) is 18.9. The number of hydrogen-bond donors (Lipinski definition) is 2. The molecule has 0 saturated heterocycles. The lowest BCUT2D eigenvalue weighted by atomic mass is 9.96. The van der Waals surface area contributed by atoms with E-state index in [1.54, 1.807) is 27.3 Å².